The lowest BCUT2D eigenvalue weighted by Crippen LogP contribution is -2.33. The van der Waals surface area contributed by atoms with Crippen LogP contribution in [-0.4, -0.2) is 17.7 Å². The largest absolute Gasteiger partial charge is 0.465 e. The third-order valence-electron chi connectivity index (χ3n) is 3.05. The highest BCUT2D eigenvalue weighted by Crippen LogP contribution is 2.38. The summed E-state index contributed by atoms with van der Waals surface area (Å²) in [5.41, 5.74) is -3.07. The Balaban J connectivity index is 3.21. The summed E-state index contributed by atoms with van der Waals surface area (Å²) < 4.78 is 56.0. The van der Waals surface area contributed by atoms with Gasteiger partial charge in [0.1, 0.15) is 5.82 Å². The van der Waals surface area contributed by atoms with Gasteiger partial charge >= 0.3 is 12.1 Å². The average Bonchev–Trinajstić information content (AvgIpc) is 2.36. The van der Waals surface area contributed by atoms with E-state index in [1.807, 2.05) is 0 Å². The van der Waals surface area contributed by atoms with Gasteiger partial charge in [-0.1, -0.05) is 0 Å². The molecule has 0 aliphatic rings. The van der Waals surface area contributed by atoms with Gasteiger partial charge in [-0.3, -0.25) is 4.79 Å². The molecular formula is C14H16F4O3. The fourth-order valence-electron chi connectivity index (χ4n) is 1.78. The van der Waals surface area contributed by atoms with Crippen molar-refractivity contribution < 1.29 is 32.2 Å². The maximum absolute atomic E-state index is 13.3. The molecule has 0 spiro atoms. The van der Waals surface area contributed by atoms with Gasteiger partial charge < -0.3 is 9.84 Å². The zero-order valence-corrected chi connectivity index (χ0v) is 11.8. The Morgan fingerprint density at radius 2 is 1.86 bits per heavy atom. The topological polar surface area (TPSA) is 46.5 Å². The van der Waals surface area contributed by atoms with Crippen LogP contribution in [0.5, 0.6) is 0 Å². The fraction of sp³-hybridized carbons (Fsp3) is 0.500. The van der Waals surface area contributed by atoms with Crippen molar-refractivity contribution in [1.29, 1.82) is 0 Å². The van der Waals surface area contributed by atoms with Crippen molar-refractivity contribution in [3.63, 3.8) is 0 Å². The number of rotatable bonds is 4. The molecule has 0 fully saturated rings. The molecule has 0 aromatic heterocycles. The lowest BCUT2D eigenvalue weighted by molar-refractivity contribution is -0.160. The van der Waals surface area contributed by atoms with Crippen molar-refractivity contribution in [3.8, 4) is 0 Å². The second-order valence-corrected chi connectivity index (χ2v) is 5.12. The fourth-order valence-corrected chi connectivity index (χ4v) is 1.78. The molecule has 1 aromatic rings. The van der Waals surface area contributed by atoms with E-state index in [1.165, 1.54) is 13.8 Å². The normalized spacial score (nSPS) is 13.9. The van der Waals surface area contributed by atoms with Crippen molar-refractivity contribution in [2.24, 2.45) is 5.41 Å². The summed E-state index contributed by atoms with van der Waals surface area (Å²) in [4.78, 5) is 11.7. The first-order chi connectivity index (χ1) is 9.50. The summed E-state index contributed by atoms with van der Waals surface area (Å²) in [6.07, 6.45) is -6.38. The molecule has 21 heavy (non-hydrogen) atoms. The van der Waals surface area contributed by atoms with Crippen molar-refractivity contribution in [3.05, 3.63) is 35.1 Å². The van der Waals surface area contributed by atoms with Gasteiger partial charge in [-0.05, 0) is 44.5 Å². The Kier molecular flexibility index (Phi) is 4.99. The number of alkyl halides is 3. The molecule has 1 unspecified atom stereocenters. The van der Waals surface area contributed by atoms with Crippen LogP contribution in [0.2, 0.25) is 0 Å². The number of hydrogen-bond acceptors (Lipinski definition) is 3. The molecule has 1 N–H and O–H groups in total. The van der Waals surface area contributed by atoms with E-state index in [-0.39, 0.29) is 12.2 Å². The zero-order valence-electron chi connectivity index (χ0n) is 11.8. The van der Waals surface area contributed by atoms with Gasteiger partial charge in [-0.25, -0.2) is 4.39 Å². The van der Waals surface area contributed by atoms with Crippen LogP contribution in [0, 0.1) is 11.2 Å². The molecule has 1 rings (SSSR count). The molecule has 1 aromatic carbocycles. The number of hydrogen-bond donors (Lipinski definition) is 1. The van der Waals surface area contributed by atoms with E-state index in [4.69, 9.17) is 4.74 Å². The van der Waals surface area contributed by atoms with Crippen molar-refractivity contribution in [1.82, 2.24) is 0 Å². The summed E-state index contributed by atoms with van der Waals surface area (Å²) in [5.74, 6) is -1.92. The second-order valence-electron chi connectivity index (χ2n) is 5.12. The molecule has 0 aliphatic carbocycles. The quantitative estimate of drug-likeness (QED) is 0.684. The minimum atomic E-state index is -4.75. The molecular weight excluding hydrogens is 292 g/mol. The van der Waals surface area contributed by atoms with Gasteiger partial charge in [0, 0.05) is 0 Å². The third-order valence-corrected chi connectivity index (χ3v) is 3.05. The van der Waals surface area contributed by atoms with Crippen LogP contribution < -0.4 is 0 Å². The number of carbonyl (C=O) groups excluding carboxylic acids is 1. The number of halogens is 4. The smallest absolute Gasteiger partial charge is 0.416 e. The first-order valence-electron chi connectivity index (χ1n) is 6.23. The van der Waals surface area contributed by atoms with Crippen molar-refractivity contribution in [2.75, 3.05) is 6.61 Å². The molecule has 0 aliphatic heterocycles. The zero-order chi connectivity index (χ0) is 16.4. The molecule has 3 nitrogen and oxygen atoms in total. The minimum Gasteiger partial charge on any atom is -0.465 e. The SMILES string of the molecule is CCOC(=O)C(C)(C)C(O)c1cc(F)cc(C(F)(F)F)c1. The summed E-state index contributed by atoms with van der Waals surface area (Å²) in [5, 5.41) is 10.1. The Hall–Kier alpha value is -1.63. The van der Waals surface area contributed by atoms with E-state index in [1.54, 1.807) is 6.92 Å². The molecule has 118 valence electrons. The standard InChI is InChI=1S/C14H16F4O3/c1-4-21-12(20)13(2,3)11(19)8-5-9(14(16,17)18)7-10(15)6-8/h5-7,11,19H,4H2,1-3H3. The van der Waals surface area contributed by atoms with Crippen LogP contribution in [-0.2, 0) is 15.7 Å². The number of benzene rings is 1. The second kappa shape index (κ2) is 6.01. The van der Waals surface area contributed by atoms with Gasteiger partial charge in [0.15, 0.2) is 0 Å². The third kappa shape index (κ3) is 3.93. The van der Waals surface area contributed by atoms with E-state index in [0.29, 0.717) is 12.1 Å². The highest BCUT2D eigenvalue weighted by Gasteiger charge is 2.40. The number of esters is 1. The first-order valence-corrected chi connectivity index (χ1v) is 6.23. The van der Waals surface area contributed by atoms with Crippen LogP contribution in [0.15, 0.2) is 18.2 Å². The molecule has 0 heterocycles. The monoisotopic (exact) mass is 308 g/mol. The lowest BCUT2D eigenvalue weighted by Gasteiger charge is -2.28. The molecule has 0 bridgehead atoms. The number of carbonyl (C=O) groups is 1. The van der Waals surface area contributed by atoms with E-state index < -0.39 is 35.0 Å². The minimum absolute atomic E-state index is 0.0614. The van der Waals surface area contributed by atoms with Crippen LogP contribution in [0.4, 0.5) is 17.6 Å². The van der Waals surface area contributed by atoms with Gasteiger partial charge in [0.2, 0.25) is 0 Å². The highest BCUT2D eigenvalue weighted by molar-refractivity contribution is 5.77. The summed E-state index contributed by atoms with van der Waals surface area (Å²) >= 11 is 0. The summed E-state index contributed by atoms with van der Waals surface area (Å²) in [6.45, 7) is 4.25. The van der Waals surface area contributed by atoms with Crippen molar-refractivity contribution >= 4 is 5.97 Å². The number of ether oxygens (including phenoxy) is 1. The predicted molar refractivity (Wildman–Crippen MR) is 66.8 cm³/mol. The first kappa shape index (κ1) is 17.4. The van der Waals surface area contributed by atoms with Crippen LogP contribution in [0.1, 0.15) is 38.0 Å². The summed E-state index contributed by atoms with van der Waals surface area (Å²) in [7, 11) is 0. The van der Waals surface area contributed by atoms with Gasteiger partial charge in [0.05, 0.1) is 23.7 Å². The maximum atomic E-state index is 13.3. The molecule has 0 saturated carbocycles. The van der Waals surface area contributed by atoms with Crippen LogP contribution >= 0.6 is 0 Å². The summed E-state index contributed by atoms with van der Waals surface area (Å²) in [6, 6.07) is 1.71. The predicted octanol–water partition coefficient (Wildman–Crippen LogP) is 3.47. The van der Waals surface area contributed by atoms with Gasteiger partial charge in [-0.15, -0.1) is 0 Å². The van der Waals surface area contributed by atoms with Gasteiger partial charge in [-0.2, -0.15) is 13.2 Å². The average molecular weight is 308 g/mol. The number of aliphatic hydroxyl groups is 1. The van der Waals surface area contributed by atoms with E-state index in [9.17, 15) is 27.5 Å². The Labute approximate surface area is 119 Å². The van der Waals surface area contributed by atoms with Crippen molar-refractivity contribution in [2.45, 2.75) is 33.1 Å². The Morgan fingerprint density at radius 1 is 1.29 bits per heavy atom. The lowest BCUT2D eigenvalue weighted by atomic mass is 9.82. The molecule has 0 saturated heterocycles. The maximum Gasteiger partial charge on any atom is 0.416 e. The van der Waals surface area contributed by atoms with E-state index in [0.717, 1.165) is 6.07 Å². The molecule has 0 radical (unpaired) electrons. The van der Waals surface area contributed by atoms with Crippen LogP contribution in [0.3, 0.4) is 0 Å². The Morgan fingerprint density at radius 3 is 2.33 bits per heavy atom. The molecule has 7 heteroatoms. The molecule has 0 amide bonds. The van der Waals surface area contributed by atoms with Gasteiger partial charge in [0.25, 0.3) is 0 Å². The highest BCUT2D eigenvalue weighted by atomic mass is 19.4. The van der Waals surface area contributed by atoms with E-state index in [2.05, 4.69) is 0 Å². The number of aliphatic hydroxyl groups excluding tert-OH is 1. The van der Waals surface area contributed by atoms with E-state index >= 15 is 0 Å². The molecule has 1 atom stereocenters. The van der Waals surface area contributed by atoms with Crippen LogP contribution in [0.25, 0.3) is 0 Å². The Bertz CT molecular complexity index is 523.